The second-order valence-electron chi connectivity index (χ2n) is 15.1. The number of amides is 4. The number of carbonyl (C=O) groups excluding carboxylic acids is 3. The lowest BCUT2D eigenvalue weighted by molar-refractivity contribution is -0.142. The van der Waals surface area contributed by atoms with Crippen LogP contribution in [0, 0.1) is 5.92 Å². The number of aromatic nitrogens is 2. The van der Waals surface area contributed by atoms with Gasteiger partial charge in [-0.3, -0.25) is 14.3 Å². The number of rotatable bonds is 9. The minimum Gasteiger partial charge on any atom is -0.495 e. The van der Waals surface area contributed by atoms with E-state index in [1.54, 1.807) is 31.0 Å². The molecule has 0 spiro atoms. The number of likely N-dealkylation sites (N-methyl/N-ethyl adjacent to an activating group) is 1. The number of hydrogen-bond donors (Lipinski definition) is 2. The fourth-order valence-electron chi connectivity index (χ4n) is 6.98. The van der Waals surface area contributed by atoms with Crippen LogP contribution in [0.4, 0.5) is 4.79 Å². The Morgan fingerprint density at radius 2 is 1.96 bits per heavy atom. The first-order valence-corrected chi connectivity index (χ1v) is 20.8. The van der Waals surface area contributed by atoms with Crippen LogP contribution in [0.15, 0.2) is 35.7 Å². The molecular weight excluding hydrogens is 740 g/mol. The molecule has 2 saturated carbocycles. The third-order valence-electron chi connectivity index (χ3n) is 11.0. The average molecular weight is 785 g/mol. The Bertz CT molecular complexity index is 2100. The molecule has 3 fully saturated rings. The number of halogens is 1. The molecule has 0 unspecified atom stereocenters. The summed E-state index contributed by atoms with van der Waals surface area (Å²) in [4.78, 5) is 54.4. The molecule has 2 N–H and O–H groups in total. The van der Waals surface area contributed by atoms with Crippen LogP contribution in [0.3, 0.4) is 0 Å². The third kappa shape index (κ3) is 6.95. The molecule has 4 atom stereocenters. The highest BCUT2D eigenvalue weighted by molar-refractivity contribution is 7.91. The molecule has 4 aliphatic rings. The van der Waals surface area contributed by atoms with Crippen molar-refractivity contribution < 1.29 is 32.3 Å². The third-order valence-corrected chi connectivity index (χ3v) is 14.4. The molecule has 2 aromatic heterocycles. The van der Waals surface area contributed by atoms with Crippen LogP contribution in [-0.2, 0) is 19.6 Å². The molecule has 284 valence electrons. The molecule has 1 saturated heterocycles. The van der Waals surface area contributed by atoms with E-state index in [0.717, 1.165) is 25.0 Å². The van der Waals surface area contributed by atoms with Gasteiger partial charge >= 0.3 is 6.03 Å². The number of methoxy groups -OCH3 is 1. The Labute approximate surface area is 318 Å². The summed E-state index contributed by atoms with van der Waals surface area (Å²) < 4.78 is 39.4. The Morgan fingerprint density at radius 3 is 2.66 bits per heavy atom. The van der Waals surface area contributed by atoms with E-state index in [1.165, 1.54) is 23.3 Å². The lowest BCUT2D eigenvalue weighted by Crippen LogP contribution is -2.69. The van der Waals surface area contributed by atoms with Crippen molar-refractivity contribution in [1.82, 2.24) is 29.8 Å². The van der Waals surface area contributed by atoms with Crippen LogP contribution >= 0.6 is 22.9 Å². The molecule has 2 aliphatic carbocycles. The second-order valence-corrected chi connectivity index (χ2v) is 18.6. The number of nitrogens with zero attached hydrogens (tertiary/aromatic N) is 4. The lowest BCUT2D eigenvalue weighted by Gasteiger charge is -2.48. The first-order valence-electron chi connectivity index (χ1n) is 18.0. The van der Waals surface area contributed by atoms with Crippen molar-refractivity contribution in [3.63, 3.8) is 0 Å². The molecule has 2 aliphatic heterocycles. The fraction of sp³-hybridized carbons (Fsp3) is 0.541. The highest BCUT2D eigenvalue weighted by Gasteiger charge is 2.63. The predicted molar refractivity (Wildman–Crippen MR) is 203 cm³/mol. The predicted octanol–water partition coefficient (Wildman–Crippen LogP) is 5.63. The van der Waals surface area contributed by atoms with Crippen molar-refractivity contribution in [2.75, 3.05) is 27.3 Å². The first kappa shape index (κ1) is 37.4. The number of carbonyl (C=O) groups is 3. The minimum atomic E-state index is -3.95. The van der Waals surface area contributed by atoms with Gasteiger partial charge in [-0.1, -0.05) is 37.6 Å². The van der Waals surface area contributed by atoms with Crippen molar-refractivity contribution in [2.24, 2.45) is 5.92 Å². The number of benzene rings is 1. The van der Waals surface area contributed by atoms with E-state index >= 15 is 0 Å². The topological polar surface area (TPSA) is 160 Å². The Balaban J connectivity index is 1.18. The summed E-state index contributed by atoms with van der Waals surface area (Å²) in [6.45, 7) is 6.30. The smallest absolute Gasteiger partial charge is 0.319 e. The Morgan fingerprint density at radius 1 is 1.19 bits per heavy atom. The zero-order valence-electron chi connectivity index (χ0n) is 30.5. The van der Waals surface area contributed by atoms with E-state index in [-0.39, 0.29) is 24.9 Å². The molecular formula is C37H45ClN6O7S2. The van der Waals surface area contributed by atoms with Gasteiger partial charge in [0, 0.05) is 42.8 Å². The highest BCUT2D eigenvalue weighted by Crippen LogP contribution is 2.48. The number of fused-ring (bicyclic) bond motifs is 3. The van der Waals surface area contributed by atoms with Gasteiger partial charge in [-0.2, -0.15) is 0 Å². The summed E-state index contributed by atoms with van der Waals surface area (Å²) in [5, 5.41) is 6.53. The van der Waals surface area contributed by atoms with Gasteiger partial charge in [0.1, 0.15) is 45.4 Å². The van der Waals surface area contributed by atoms with E-state index in [4.69, 9.17) is 31.0 Å². The van der Waals surface area contributed by atoms with Gasteiger partial charge in [0.05, 0.1) is 29.1 Å². The normalized spacial score (nSPS) is 26.1. The molecule has 1 aromatic carbocycles. The molecule has 3 aromatic rings. The maximum absolute atomic E-state index is 14.3. The summed E-state index contributed by atoms with van der Waals surface area (Å²) >= 11 is 8.23. The minimum absolute atomic E-state index is 0.0213. The van der Waals surface area contributed by atoms with Gasteiger partial charge < -0.3 is 24.6 Å². The number of allylic oxidation sites excluding steroid dienone is 1. The molecule has 4 heterocycles. The number of urea groups is 1. The van der Waals surface area contributed by atoms with Crippen LogP contribution in [-0.4, -0.2) is 95.7 Å². The zero-order chi connectivity index (χ0) is 37.9. The molecule has 4 amide bonds. The standard InChI is InChI=1S/C37H45ClN6O7S2/c1-21(2)26-20-52-32(40-26)25-17-29(24-11-12-28(50-5)30(38)31(24)39-25)51-19-23-16-27-33(45)43(4)15-9-7-6-8-10-22-18-37(22,41-35(47)44(23)27)34(46)42-53(48,49)36(3)13-14-36/h8,10-12,17,20-23,27H,6-7,9,13-16,18-19H2,1-5H3,(H,41,47)(H,42,46)/b10-8-/t22-,23-,27-,37-/m0/s1. The van der Waals surface area contributed by atoms with Crippen molar-refractivity contribution in [3.8, 4) is 22.2 Å². The van der Waals surface area contributed by atoms with Crippen LogP contribution in [0.25, 0.3) is 21.6 Å². The molecule has 16 heteroatoms. The molecule has 13 nitrogen and oxygen atoms in total. The monoisotopic (exact) mass is 784 g/mol. The van der Waals surface area contributed by atoms with Crippen LogP contribution < -0.4 is 19.5 Å². The molecule has 53 heavy (non-hydrogen) atoms. The van der Waals surface area contributed by atoms with Crippen LogP contribution in [0.2, 0.25) is 5.02 Å². The Kier molecular flexibility index (Phi) is 9.90. The van der Waals surface area contributed by atoms with E-state index in [0.29, 0.717) is 63.9 Å². The van der Waals surface area contributed by atoms with Crippen molar-refractivity contribution in [2.45, 2.75) is 94.0 Å². The lowest BCUT2D eigenvalue weighted by atomic mass is 9.92. The molecule has 0 bridgehead atoms. The fourth-order valence-corrected chi connectivity index (χ4v) is 9.52. The summed E-state index contributed by atoms with van der Waals surface area (Å²) in [6.07, 6.45) is 7.69. The van der Waals surface area contributed by atoms with Crippen molar-refractivity contribution in [3.05, 3.63) is 46.4 Å². The SMILES string of the molecule is COc1ccc2c(OC[C@@H]3C[C@H]4C(=O)N(C)CCCC/C=C\[C@H]5C[C@]5(C(=O)NS(=O)(=O)C5(C)CC5)NC(=O)N34)cc(-c3nc(C(C)C)cs3)nc2c1Cl. The summed E-state index contributed by atoms with van der Waals surface area (Å²) in [6, 6.07) is 3.38. The van der Waals surface area contributed by atoms with E-state index < -0.39 is 50.2 Å². The summed E-state index contributed by atoms with van der Waals surface area (Å²) in [5.74, 6) is -0.221. The van der Waals surface area contributed by atoms with Crippen LogP contribution in [0.1, 0.15) is 77.3 Å². The number of nitrogens with one attached hydrogen (secondary N) is 2. The van der Waals surface area contributed by atoms with Crippen molar-refractivity contribution in [1.29, 1.82) is 0 Å². The maximum Gasteiger partial charge on any atom is 0.319 e. The van der Waals surface area contributed by atoms with Gasteiger partial charge in [0.15, 0.2) is 0 Å². The molecule has 7 rings (SSSR count). The maximum atomic E-state index is 14.3. The highest BCUT2D eigenvalue weighted by atomic mass is 35.5. The van der Waals surface area contributed by atoms with E-state index in [2.05, 4.69) is 23.9 Å². The van der Waals surface area contributed by atoms with Crippen molar-refractivity contribution >= 4 is 61.7 Å². The first-order chi connectivity index (χ1) is 25.2. The second kappa shape index (κ2) is 14.0. The van der Waals surface area contributed by atoms with Gasteiger partial charge in [-0.25, -0.2) is 23.2 Å². The van der Waals surface area contributed by atoms with E-state index in [9.17, 15) is 22.8 Å². The number of sulfonamides is 1. The molecule has 0 radical (unpaired) electrons. The van der Waals surface area contributed by atoms with Gasteiger partial charge in [0.2, 0.25) is 15.9 Å². The van der Waals surface area contributed by atoms with Crippen LogP contribution in [0.5, 0.6) is 11.5 Å². The number of thiazole rings is 1. The largest absolute Gasteiger partial charge is 0.495 e. The summed E-state index contributed by atoms with van der Waals surface area (Å²) in [5.41, 5.74) is 0.503. The zero-order valence-corrected chi connectivity index (χ0v) is 32.9. The number of ether oxygens (including phenoxy) is 2. The Hall–Kier alpha value is -3.95. The quantitative estimate of drug-likeness (QED) is 0.262. The van der Waals surface area contributed by atoms with Gasteiger partial charge in [-0.15, -0.1) is 11.3 Å². The summed E-state index contributed by atoms with van der Waals surface area (Å²) in [7, 11) is -0.693. The van der Waals surface area contributed by atoms with Gasteiger partial charge in [0.25, 0.3) is 5.91 Å². The number of hydrogen-bond acceptors (Lipinski definition) is 10. The van der Waals surface area contributed by atoms with Gasteiger partial charge in [-0.05, 0) is 63.5 Å². The average Bonchev–Trinajstić information content (AvgIpc) is 3.96. The number of pyridine rings is 1. The van der Waals surface area contributed by atoms with E-state index in [1.807, 2.05) is 23.6 Å².